The van der Waals surface area contributed by atoms with Gasteiger partial charge in [-0.25, -0.2) is 0 Å². The van der Waals surface area contributed by atoms with Gasteiger partial charge in [-0.3, -0.25) is 4.79 Å². The zero-order chi connectivity index (χ0) is 23.2. The Morgan fingerprint density at radius 1 is 0.848 bits per heavy atom. The number of nitrogens with one attached hydrogen (secondary N) is 1. The molecule has 0 radical (unpaired) electrons. The lowest BCUT2D eigenvalue weighted by atomic mass is 10.1. The van der Waals surface area contributed by atoms with E-state index in [4.69, 9.17) is 9.47 Å². The molecule has 6 heteroatoms. The largest absolute Gasteiger partial charge is 0.484 e. The first-order valence-electron chi connectivity index (χ1n) is 11.3. The summed E-state index contributed by atoms with van der Waals surface area (Å²) in [5.74, 6) is 1.92. The Balaban J connectivity index is 1.27. The molecule has 1 amide bonds. The predicted molar refractivity (Wildman–Crippen MR) is 133 cm³/mol. The third-order valence-electron chi connectivity index (χ3n) is 5.80. The van der Waals surface area contributed by atoms with Gasteiger partial charge in [0.2, 0.25) is 0 Å². The zero-order valence-corrected chi connectivity index (χ0v) is 19.5. The minimum absolute atomic E-state index is 0.0577. The number of benzene rings is 3. The van der Waals surface area contributed by atoms with E-state index in [0.29, 0.717) is 11.5 Å². The highest BCUT2D eigenvalue weighted by Crippen LogP contribution is 2.25. The first-order valence-corrected chi connectivity index (χ1v) is 11.3. The molecule has 0 saturated carbocycles. The normalized spacial score (nSPS) is 14.1. The lowest BCUT2D eigenvalue weighted by Crippen LogP contribution is -2.44. The second kappa shape index (κ2) is 10.4. The van der Waals surface area contributed by atoms with Crippen molar-refractivity contribution in [3.05, 3.63) is 77.9 Å². The number of ether oxygens (including phenoxy) is 2. The molecular formula is C27H31N3O3. The number of anilines is 2. The van der Waals surface area contributed by atoms with Crippen molar-refractivity contribution < 1.29 is 14.3 Å². The third kappa shape index (κ3) is 6.26. The summed E-state index contributed by atoms with van der Waals surface area (Å²) in [6.45, 7) is 8.16. The average Bonchev–Trinajstić information content (AvgIpc) is 2.82. The number of carbonyl (C=O) groups is 1. The summed E-state index contributed by atoms with van der Waals surface area (Å²) >= 11 is 0. The van der Waals surface area contributed by atoms with Gasteiger partial charge < -0.3 is 24.6 Å². The quantitative estimate of drug-likeness (QED) is 0.563. The number of aryl methyl sites for hydroxylation is 2. The molecule has 3 aromatic rings. The van der Waals surface area contributed by atoms with Gasteiger partial charge in [0.05, 0.1) is 0 Å². The lowest BCUT2D eigenvalue weighted by molar-refractivity contribution is -0.118. The molecule has 0 atom stereocenters. The van der Waals surface area contributed by atoms with Crippen LogP contribution < -0.4 is 19.7 Å². The van der Waals surface area contributed by atoms with Crippen LogP contribution in [0.25, 0.3) is 0 Å². The number of hydrogen-bond acceptors (Lipinski definition) is 5. The van der Waals surface area contributed by atoms with Crippen molar-refractivity contribution in [3.8, 4) is 17.2 Å². The molecule has 1 aliphatic heterocycles. The highest BCUT2D eigenvalue weighted by Gasteiger charge is 2.15. The van der Waals surface area contributed by atoms with Crippen LogP contribution in [-0.4, -0.2) is 50.6 Å². The van der Waals surface area contributed by atoms with Crippen LogP contribution in [0.3, 0.4) is 0 Å². The number of hydrogen-bond donors (Lipinski definition) is 1. The first-order chi connectivity index (χ1) is 16.0. The average molecular weight is 446 g/mol. The monoisotopic (exact) mass is 445 g/mol. The fraction of sp³-hybridized carbons (Fsp3) is 0.296. The van der Waals surface area contributed by atoms with E-state index in [1.54, 1.807) is 12.1 Å². The van der Waals surface area contributed by atoms with E-state index < -0.39 is 0 Å². The van der Waals surface area contributed by atoms with E-state index in [-0.39, 0.29) is 12.5 Å². The standard InChI is InChI=1S/C27H31N3O3/c1-20-4-7-24(8-5-20)33-25-11-9-23(10-12-25)32-19-27(31)28-26-13-6-22(18-21(26)2)30-16-14-29(3)15-17-30/h4-13,18H,14-17,19H2,1-3H3,(H,28,31). The van der Waals surface area contributed by atoms with Crippen LogP contribution in [0.4, 0.5) is 11.4 Å². The van der Waals surface area contributed by atoms with Crippen molar-refractivity contribution in [2.45, 2.75) is 13.8 Å². The van der Waals surface area contributed by atoms with Gasteiger partial charge in [0.1, 0.15) is 17.2 Å². The molecule has 0 spiro atoms. The molecule has 1 N–H and O–H groups in total. The second-order valence-corrected chi connectivity index (χ2v) is 8.51. The number of piperazine rings is 1. The fourth-order valence-corrected chi connectivity index (χ4v) is 3.73. The number of amides is 1. The molecule has 1 aliphatic rings. The van der Waals surface area contributed by atoms with Crippen LogP contribution in [0.5, 0.6) is 17.2 Å². The molecule has 1 heterocycles. The number of likely N-dealkylation sites (N-methyl/N-ethyl adjacent to an activating group) is 1. The summed E-state index contributed by atoms with van der Waals surface area (Å²) in [6, 6.07) is 21.3. The van der Waals surface area contributed by atoms with Crippen LogP contribution in [0.15, 0.2) is 66.7 Å². The Labute approximate surface area is 195 Å². The van der Waals surface area contributed by atoms with E-state index in [1.807, 2.05) is 56.3 Å². The third-order valence-corrected chi connectivity index (χ3v) is 5.80. The van der Waals surface area contributed by atoms with E-state index in [1.165, 1.54) is 11.3 Å². The van der Waals surface area contributed by atoms with Crippen LogP contribution in [0.1, 0.15) is 11.1 Å². The minimum Gasteiger partial charge on any atom is -0.484 e. The minimum atomic E-state index is -0.189. The van der Waals surface area contributed by atoms with Crippen LogP contribution in [0, 0.1) is 13.8 Å². The Bertz CT molecular complexity index is 1070. The van der Waals surface area contributed by atoms with E-state index in [2.05, 4.69) is 34.3 Å². The first kappa shape index (κ1) is 22.7. The van der Waals surface area contributed by atoms with Gasteiger partial charge in [-0.2, -0.15) is 0 Å². The Morgan fingerprint density at radius 2 is 1.45 bits per heavy atom. The molecule has 33 heavy (non-hydrogen) atoms. The van der Waals surface area contributed by atoms with Crippen molar-refractivity contribution >= 4 is 17.3 Å². The maximum atomic E-state index is 12.4. The fourth-order valence-electron chi connectivity index (χ4n) is 3.73. The molecule has 0 bridgehead atoms. The van der Waals surface area contributed by atoms with Crippen LogP contribution in [-0.2, 0) is 4.79 Å². The van der Waals surface area contributed by atoms with Gasteiger partial charge >= 0.3 is 0 Å². The number of nitrogens with zero attached hydrogens (tertiary/aromatic N) is 2. The molecule has 172 valence electrons. The van der Waals surface area contributed by atoms with Crippen molar-refractivity contribution in [2.75, 3.05) is 50.1 Å². The van der Waals surface area contributed by atoms with Gasteiger partial charge in [-0.15, -0.1) is 0 Å². The molecule has 1 fully saturated rings. The molecule has 0 aliphatic carbocycles. The summed E-state index contributed by atoms with van der Waals surface area (Å²) < 4.78 is 11.5. The Morgan fingerprint density at radius 3 is 2.09 bits per heavy atom. The molecule has 6 nitrogen and oxygen atoms in total. The highest BCUT2D eigenvalue weighted by atomic mass is 16.5. The summed E-state index contributed by atoms with van der Waals surface area (Å²) in [5.41, 5.74) is 4.23. The predicted octanol–water partition coefficient (Wildman–Crippen LogP) is 4.87. The van der Waals surface area contributed by atoms with E-state index in [9.17, 15) is 4.79 Å². The van der Waals surface area contributed by atoms with Gasteiger partial charge in [0, 0.05) is 37.6 Å². The maximum Gasteiger partial charge on any atom is 0.262 e. The Hall–Kier alpha value is -3.51. The summed E-state index contributed by atoms with van der Waals surface area (Å²) in [6.07, 6.45) is 0. The van der Waals surface area contributed by atoms with E-state index >= 15 is 0 Å². The molecule has 3 aromatic carbocycles. The number of carbonyl (C=O) groups excluding carboxylic acids is 1. The zero-order valence-electron chi connectivity index (χ0n) is 19.5. The molecule has 4 rings (SSSR count). The molecule has 1 saturated heterocycles. The van der Waals surface area contributed by atoms with Crippen molar-refractivity contribution in [1.82, 2.24) is 4.90 Å². The van der Waals surface area contributed by atoms with Gasteiger partial charge in [0.25, 0.3) is 5.91 Å². The van der Waals surface area contributed by atoms with Crippen molar-refractivity contribution in [3.63, 3.8) is 0 Å². The maximum absolute atomic E-state index is 12.4. The summed E-state index contributed by atoms with van der Waals surface area (Å²) in [5, 5.41) is 2.95. The van der Waals surface area contributed by atoms with Gasteiger partial charge in [0.15, 0.2) is 6.61 Å². The number of rotatable bonds is 7. The summed E-state index contributed by atoms with van der Waals surface area (Å²) in [4.78, 5) is 17.1. The van der Waals surface area contributed by atoms with E-state index in [0.717, 1.165) is 43.2 Å². The van der Waals surface area contributed by atoms with Gasteiger partial charge in [-0.1, -0.05) is 17.7 Å². The topological polar surface area (TPSA) is 54.0 Å². The van der Waals surface area contributed by atoms with Crippen molar-refractivity contribution in [2.24, 2.45) is 0 Å². The Kier molecular flexibility index (Phi) is 7.15. The molecule has 0 unspecified atom stereocenters. The second-order valence-electron chi connectivity index (χ2n) is 8.51. The molecule has 0 aromatic heterocycles. The smallest absolute Gasteiger partial charge is 0.262 e. The summed E-state index contributed by atoms with van der Waals surface area (Å²) in [7, 11) is 2.15. The van der Waals surface area contributed by atoms with Gasteiger partial charge in [-0.05, 0) is 81.1 Å². The van der Waals surface area contributed by atoms with Crippen LogP contribution in [0.2, 0.25) is 0 Å². The SMILES string of the molecule is Cc1ccc(Oc2ccc(OCC(=O)Nc3ccc(N4CCN(C)CC4)cc3C)cc2)cc1. The lowest BCUT2D eigenvalue weighted by Gasteiger charge is -2.34. The van der Waals surface area contributed by atoms with Crippen molar-refractivity contribution in [1.29, 1.82) is 0 Å². The highest BCUT2D eigenvalue weighted by molar-refractivity contribution is 5.92. The van der Waals surface area contributed by atoms with Crippen LogP contribution >= 0.6 is 0 Å². The molecular weight excluding hydrogens is 414 g/mol.